The van der Waals surface area contributed by atoms with Crippen molar-refractivity contribution in [3.05, 3.63) is 0 Å². The van der Waals surface area contributed by atoms with Crippen LogP contribution in [0.1, 0.15) is 27.2 Å². The molecule has 0 unspecified atom stereocenters. The molecule has 1 saturated carbocycles. The molecule has 1 aliphatic carbocycles. The van der Waals surface area contributed by atoms with Crippen LogP contribution in [0.5, 0.6) is 0 Å². The van der Waals surface area contributed by atoms with Gasteiger partial charge in [-0.3, -0.25) is 19.2 Å². The third kappa shape index (κ3) is 3.37. The van der Waals surface area contributed by atoms with Gasteiger partial charge in [0, 0.05) is 13.8 Å². The summed E-state index contributed by atoms with van der Waals surface area (Å²) in [5.41, 5.74) is -1.32. The second-order valence-electron chi connectivity index (χ2n) is 5.35. The maximum Gasteiger partial charge on any atom is 0.315 e. The molecule has 0 aromatic heterocycles. The summed E-state index contributed by atoms with van der Waals surface area (Å²) in [5.74, 6) is -3.58. The molecule has 0 N–H and O–H groups in total. The molecule has 22 heavy (non-hydrogen) atoms. The van der Waals surface area contributed by atoms with E-state index in [1.54, 1.807) is 0 Å². The summed E-state index contributed by atoms with van der Waals surface area (Å²) in [5, 5.41) is 0. The first-order valence-corrected chi connectivity index (χ1v) is 6.68. The predicted molar refractivity (Wildman–Crippen MR) is 71.4 cm³/mol. The van der Waals surface area contributed by atoms with Crippen LogP contribution < -0.4 is 0 Å². The highest BCUT2D eigenvalue weighted by Gasteiger charge is 2.62. The second-order valence-corrected chi connectivity index (χ2v) is 5.35. The van der Waals surface area contributed by atoms with Crippen molar-refractivity contribution < 1.29 is 38.1 Å². The van der Waals surface area contributed by atoms with E-state index in [-0.39, 0.29) is 6.42 Å². The van der Waals surface area contributed by atoms with E-state index in [2.05, 4.69) is 4.74 Å². The van der Waals surface area contributed by atoms with Crippen LogP contribution in [0.15, 0.2) is 0 Å². The largest absolute Gasteiger partial charge is 0.469 e. The average Bonchev–Trinajstić information content (AvgIpc) is 2.71. The first-order chi connectivity index (χ1) is 10.2. The molecule has 0 aromatic rings. The maximum absolute atomic E-state index is 12.1. The van der Waals surface area contributed by atoms with Crippen LogP contribution in [0.4, 0.5) is 0 Å². The van der Waals surface area contributed by atoms with Crippen molar-refractivity contribution >= 4 is 23.9 Å². The Bertz CT molecular complexity index is 485. The highest BCUT2D eigenvalue weighted by molar-refractivity contribution is 5.83. The molecule has 0 aromatic carbocycles. The topological polar surface area (TPSA) is 105 Å². The number of methoxy groups -OCH3 is 2. The predicted octanol–water partition coefficient (Wildman–Crippen LogP) is 0.222. The molecule has 1 aliphatic rings. The Morgan fingerprint density at radius 3 is 1.91 bits per heavy atom. The summed E-state index contributed by atoms with van der Waals surface area (Å²) in [6.45, 7) is 3.81. The molecule has 0 bridgehead atoms. The van der Waals surface area contributed by atoms with Gasteiger partial charge < -0.3 is 18.9 Å². The van der Waals surface area contributed by atoms with Crippen LogP contribution in [-0.4, -0.2) is 50.3 Å². The van der Waals surface area contributed by atoms with Gasteiger partial charge in [-0.1, -0.05) is 0 Å². The number of carbonyl (C=O) groups is 4. The fourth-order valence-corrected chi connectivity index (χ4v) is 2.78. The molecule has 0 spiro atoms. The van der Waals surface area contributed by atoms with Gasteiger partial charge in [0.2, 0.25) is 0 Å². The van der Waals surface area contributed by atoms with Crippen molar-refractivity contribution in [2.75, 3.05) is 14.2 Å². The fraction of sp³-hybridized carbons (Fsp3) is 0.714. The summed E-state index contributed by atoms with van der Waals surface area (Å²) in [6.07, 6.45) is -2.27. The lowest BCUT2D eigenvalue weighted by atomic mass is 9.85. The van der Waals surface area contributed by atoms with Crippen molar-refractivity contribution in [2.45, 2.75) is 39.4 Å². The number of carbonyl (C=O) groups excluding carboxylic acids is 4. The number of esters is 4. The molecule has 8 heteroatoms. The van der Waals surface area contributed by atoms with Crippen LogP contribution in [0.3, 0.4) is 0 Å². The molecule has 1 fully saturated rings. The quantitative estimate of drug-likeness (QED) is 0.536. The maximum atomic E-state index is 12.1. The molecule has 8 nitrogen and oxygen atoms in total. The normalized spacial score (nSPS) is 30.3. The monoisotopic (exact) mass is 316 g/mol. The lowest BCUT2D eigenvalue weighted by Crippen LogP contribution is -2.45. The van der Waals surface area contributed by atoms with Crippen molar-refractivity contribution in [3.63, 3.8) is 0 Å². The van der Waals surface area contributed by atoms with Crippen LogP contribution in [0.2, 0.25) is 0 Å². The zero-order chi connectivity index (χ0) is 17.1. The standard InChI is InChI=1S/C14H20O8/c1-7(15)21-10-9(12(17)19-4)6-14(3,13(18)20-5)11(10)22-8(2)16/h9-11H,6H2,1-5H3/t9-,10-,11-,14+/m0/s1. The highest BCUT2D eigenvalue weighted by Crippen LogP contribution is 2.46. The number of rotatable bonds is 4. The van der Waals surface area contributed by atoms with Gasteiger partial charge in [0.15, 0.2) is 12.2 Å². The van der Waals surface area contributed by atoms with E-state index in [1.165, 1.54) is 21.1 Å². The lowest BCUT2D eigenvalue weighted by molar-refractivity contribution is -0.180. The molecule has 124 valence electrons. The minimum Gasteiger partial charge on any atom is -0.469 e. The third-order valence-electron chi connectivity index (χ3n) is 3.72. The molecule has 0 radical (unpaired) electrons. The molecular weight excluding hydrogens is 296 g/mol. The molecule has 4 atom stereocenters. The van der Waals surface area contributed by atoms with Gasteiger partial charge in [-0.05, 0) is 13.3 Å². The van der Waals surface area contributed by atoms with Gasteiger partial charge in [-0.2, -0.15) is 0 Å². The Balaban J connectivity index is 3.28. The molecule has 0 saturated heterocycles. The van der Waals surface area contributed by atoms with E-state index in [1.807, 2.05) is 0 Å². The van der Waals surface area contributed by atoms with Gasteiger partial charge in [-0.15, -0.1) is 0 Å². The van der Waals surface area contributed by atoms with E-state index < -0.39 is 47.4 Å². The van der Waals surface area contributed by atoms with Gasteiger partial charge in [0.25, 0.3) is 0 Å². The first-order valence-electron chi connectivity index (χ1n) is 6.68. The van der Waals surface area contributed by atoms with Gasteiger partial charge in [0.05, 0.1) is 20.1 Å². The van der Waals surface area contributed by atoms with E-state index in [0.717, 1.165) is 13.8 Å². The molecular formula is C14H20O8. The molecule has 0 heterocycles. The molecule has 0 amide bonds. The minimum atomic E-state index is -1.32. The van der Waals surface area contributed by atoms with Crippen LogP contribution in [-0.2, 0) is 38.1 Å². The van der Waals surface area contributed by atoms with Crippen molar-refractivity contribution in [2.24, 2.45) is 11.3 Å². The van der Waals surface area contributed by atoms with E-state index in [9.17, 15) is 19.2 Å². The SMILES string of the molecule is COC(=O)[C@H]1C[C@@](C)(C(=O)OC)[C@@H](OC(C)=O)[C@H]1OC(C)=O. The average molecular weight is 316 g/mol. The lowest BCUT2D eigenvalue weighted by Gasteiger charge is -2.30. The van der Waals surface area contributed by atoms with E-state index >= 15 is 0 Å². The Labute approximate surface area is 128 Å². The van der Waals surface area contributed by atoms with Gasteiger partial charge in [0.1, 0.15) is 5.41 Å². The number of ether oxygens (including phenoxy) is 4. The first kappa shape index (κ1) is 17.9. The highest BCUT2D eigenvalue weighted by atomic mass is 16.6. The Morgan fingerprint density at radius 1 is 0.955 bits per heavy atom. The molecule has 1 rings (SSSR count). The fourth-order valence-electron chi connectivity index (χ4n) is 2.78. The number of hydrogen-bond donors (Lipinski definition) is 0. The smallest absolute Gasteiger partial charge is 0.315 e. The summed E-state index contributed by atoms with van der Waals surface area (Å²) in [7, 11) is 2.37. The van der Waals surface area contributed by atoms with Crippen LogP contribution in [0.25, 0.3) is 0 Å². The summed E-state index contributed by atoms with van der Waals surface area (Å²) >= 11 is 0. The zero-order valence-corrected chi connectivity index (χ0v) is 13.2. The summed E-state index contributed by atoms with van der Waals surface area (Å²) in [4.78, 5) is 46.7. The Morgan fingerprint density at radius 2 is 1.50 bits per heavy atom. The van der Waals surface area contributed by atoms with Crippen molar-refractivity contribution in [3.8, 4) is 0 Å². The van der Waals surface area contributed by atoms with Gasteiger partial charge >= 0.3 is 23.9 Å². The molecule has 0 aliphatic heterocycles. The summed E-state index contributed by atoms with van der Waals surface area (Å²) in [6, 6.07) is 0. The van der Waals surface area contributed by atoms with Crippen LogP contribution >= 0.6 is 0 Å². The van der Waals surface area contributed by atoms with E-state index in [0.29, 0.717) is 0 Å². The zero-order valence-electron chi connectivity index (χ0n) is 13.2. The number of hydrogen-bond acceptors (Lipinski definition) is 8. The van der Waals surface area contributed by atoms with Gasteiger partial charge in [-0.25, -0.2) is 0 Å². The van der Waals surface area contributed by atoms with E-state index in [4.69, 9.17) is 14.2 Å². The van der Waals surface area contributed by atoms with Crippen LogP contribution in [0, 0.1) is 11.3 Å². The van der Waals surface area contributed by atoms with Crippen molar-refractivity contribution in [1.82, 2.24) is 0 Å². The minimum absolute atomic E-state index is 0.0256. The van der Waals surface area contributed by atoms with Crippen molar-refractivity contribution in [1.29, 1.82) is 0 Å². The summed E-state index contributed by atoms with van der Waals surface area (Å²) < 4.78 is 19.7. The third-order valence-corrected chi connectivity index (χ3v) is 3.72. The Hall–Kier alpha value is -2.12. The second kappa shape index (κ2) is 6.76. The Kier molecular flexibility index (Phi) is 5.51.